The molecule has 0 amide bonds. The van der Waals surface area contributed by atoms with Gasteiger partial charge in [-0.05, 0) is 139 Å². The van der Waals surface area contributed by atoms with Crippen molar-refractivity contribution in [2.75, 3.05) is 0 Å². The van der Waals surface area contributed by atoms with E-state index in [1.807, 2.05) is 0 Å². The third kappa shape index (κ3) is 2.84. The van der Waals surface area contributed by atoms with Crippen molar-refractivity contribution >= 4 is 64.6 Å². The summed E-state index contributed by atoms with van der Waals surface area (Å²) in [4.78, 5) is 0. The molecule has 0 heterocycles. The van der Waals surface area contributed by atoms with Crippen molar-refractivity contribution in [1.82, 2.24) is 0 Å². The van der Waals surface area contributed by atoms with Gasteiger partial charge in [0.25, 0.3) is 0 Å². The van der Waals surface area contributed by atoms with Crippen molar-refractivity contribution in [2.24, 2.45) is 0 Å². The van der Waals surface area contributed by atoms with Crippen LogP contribution in [0.2, 0.25) is 0 Å². The monoisotopic (exact) mass is 584 g/mol. The maximum Gasteiger partial charge on any atom is 0.0159 e. The molecular formula is C46H32. The smallest absolute Gasteiger partial charge is 0.0159 e. The molecule has 0 saturated heterocycles. The lowest BCUT2D eigenvalue weighted by Gasteiger charge is -2.24. The molecule has 0 bridgehead atoms. The quantitative estimate of drug-likeness (QED) is 0.156. The fraction of sp³-hybridized carbons (Fsp3) is 0.130. The average Bonchev–Trinajstić information content (AvgIpc) is 3.43. The van der Waals surface area contributed by atoms with E-state index in [1.165, 1.54) is 109 Å². The topological polar surface area (TPSA) is 0 Å². The van der Waals surface area contributed by atoms with E-state index in [0.29, 0.717) is 0 Å². The van der Waals surface area contributed by atoms with Crippen LogP contribution in [-0.2, 0) is 10.8 Å². The van der Waals surface area contributed by atoms with E-state index in [9.17, 15) is 0 Å². The molecule has 0 heteroatoms. The molecule has 0 spiro atoms. The van der Waals surface area contributed by atoms with Crippen LogP contribution >= 0.6 is 0 Å². The first-order chi connectivity index (χ1) is 22.3. The first-order valence-corrected chi connectivity index (χ1v) is 16.6. The van der Waals surface area contributed by atoms with Gasteiger partial charge in [0.05, 0.1) is 0 Å². The molecule has 216 valence electrons. The summed E-state index contributed by atoms with van der Waals surface area (Å²) in [6.45, 7) is 9.72. The van der Waals surface area contributed by atoms with Gasteiger partial charge in [-0.3, -0.25) is 0 Å². The van der Waals surface area contributed by atoms with Crippen molar-refractivity contribution in [1.29, 1.82) is 0 Å². The van der Waals surface area contributed by atoms with Crippen LogP contribution in [0.15, 0.2) is 121 Å². The lowest BCUT2D eigenvalue weighted by Crippen LogP contribution is -2.17. The first kappa shape index (κ1) is 25.0. The Morgan fingerprint density at radius 3 is 1.72 bits per heavy atom. The Bertz CT molecular complexity index is 2830. The molecule has 0 aliphatic heterocycles. The van der Waals surface area contributed by atoms with Gasteiger partial charge in [-0.25, -0.2) is 0 Å². The zero-order valence-corrected chi connectivity index (χ0v) is 26.5. The summed E-state index contributed by atoms with van der Waals surface area (Å²) in [5, 5.41) is 16.2. The molecule has 2 aliphatic carbocycles. The predicted octanol–water partition coefficient (Wildman–Crippen LogP) is 12.7. The van der Waals surface area contributed by atoms with Gasteiger partial charge in [0.1, 0.15) is 0 Å². The van der Waals surface area contributed by atoms with E-state index in [0.717, 1.165) is 0 Å². The van der Waals surface area contributed by atoms with Gasteiger partial charge in [-0.2, -0.15) is 0 Å². The summed E-state index contributed by atoms with van der Waals surface area (Å²) in [5.41, 5.74) is 11.2. The van der Waals surface area contributed by atoms with Crippen molar-refractivity contribution in [2.45, 2.75) is 38.5 Å². The zero-order valence-electron chi connectivity index (χ0n) is 26.5. The Morgan fingerprint density at radius 2 is 0.870 bits per heavy atom. The number of benzene rings is 9. The van der Waals surface area contributed by atoms with Crippen LogP contribution in [0.3, 0.4) is 0 Å². The molecule has 0 atom stereocenters. The number of fused-ring (bicyclic) bond motifs is 12. The Morgan fingerprint density at radius 1 is 0.326 bits per heavy atom. The van der Waals surface area contributed by atoms with E-state index in [4.69, 9.17) is 0 Å². The van der Waals surface area contributed by atoms with Crippen LogP contribution < -0.4 is 0 Å². The minimum Gasteiger partial charge on any atom is -0.0616 e. The second kappa shape index (κ2) is 7.95. The summed E-state index contributed by atoms with van der Waals surface area (Å²) in [5.74, 6) is 0. The lowest BCUT2D eigenvalue weighted by molar-refractivity contribution is 0.653. The molecule has 2 aliphatic rings. The van der Waals surface area contributed by atoms with E-state index in [1.54, 1.807) is 0 Å². The van der Waals surface area contributed by atoms with E-state index >= 15 is 0 Å². The highest BCUT2D eigenvalue weighted by atomic mass is 14.5. The van der Waals surface area contributed by atoms with E-state index < -0.39 is 0 Å². The fourth-order valence-corrected chi connectivity index (χ4v) is 9.56. The predicted molar refractivity (Wildman–Crippen MR) is 198 cm³/mol. The van der Waals surface area contributed by atoms with Gasteiger partial charge in [0.2, 0.25) is 0 Å². The van der Waals surface area contributed by atoms with Crippen LogP contribution in [-0.4, -0.2) is 0 Å². The number of hydrogen-bond acceptors (Lipinski definition) is 0. The van der Waals surface area contributed by atoms with E-state index in [-0.39, 0.29) is 10.8 Å². The molecule has 0 nitrogen and oxygen atoms in total. The Labute approximate surface area is 268 Å². The molecule has 0 N–H and O–H groups in total. The highest BCUT2D eigenvalue weighted by molar-refractivity contribution is 6.26. The lowest BCUT2D eigenvalue weighted by atomic mass is 9.79. The summed E-state index contributed by atoms with van der Waals surface area (Å²) < 4.78 is 0. The van der Waals surface area contributed by atoms with Gasteiger partial charge < -0.3 is 0 Å². The molecule has 0 aromatic heterocycles. The molecule has 9 aromatic rings. The van der Waals surface area contributed by atoms with Crippen LogP contribution in [0.25, 0.3) is 86.9 Å². The van der Waals surface area contributed by atoms with Gasteiger partial charge >= 0.3 is 0 Å². The number of rotatable bonds is 0. The Hall–Kier alpha value is -5.20. The highest BCUT2D eigenvalue weighted by Crippen LogP contribution is 2.58. The second-order valence-electron chi connectivity index (χ2n) is 14.9. The second-order valence-corrected chi connectivity index (χ2v) is 14.9. The first-order valence-electron chi connectivity index (χ1n) is 16.6. The van der Waals surface area contributed by atoms with Crippen molar-refractivity contribution < 1.29 is 0 Å². The molecule has 0 fully saturated rings. The molecule has 0 saturated carbocycles. The highest BCUT2D eigenvalue weighted by Gasteiger charge is 2.42. The van der Waals surface area contributed by atoms with Crippen LogP contribution in [0.5, 0.6) is 0 Å². The molecule has 0 unspecified atom stereocenters. The van der Waals surface area contributed by atoms with Gasteiger partial charge in [0.15, 0.2) is 0 Å². The normalized spacial score (nSPS) is 15.7. The average molecular weight is 585 g/mol. The molecule has 0 radical (unpaired) electrons. The molecule has 46 heavy (non-hydrogen) atoms. The number of hydrogen-bond donors (Lipinski definition) is 0. The SMILES string of the molecule is CC1(C)c2cc3c(cc2-c2cc4c(ccc5c6ccccc6ccc45)cc21)C(C)(C)c1cc2ccc4cccc5ccc(c1-3)c2c45. The zero-order chi connectivity index (χ0) is 30.7. The third-order valence-corrected chi connectivity index (χ3v) is 11.9. The van der Waals surface area contributed by atoms with E-state index in [2.05, 4.69) is 149 Å². The maximum absolute atomic E-state index is 2.57. The minimum absolute atomic E-state index is 0.0943. The van der Waals surface area contributed by atoms with Gasteiger partial charge in [-0.15, -0.1) is 0 Å². The standard InChI is InChI=1S/C46H32/c1-45(2)38-20-28-16-18-31-30-11-6-5-8-25(30)14-17-32(31)34(28)22-35(38)36-23-40-37(24-39(36)45)44-33-19-15-27-10-7-9-26-12-13-29(43(33)42(26)27)21-41(44)46(40,3)4/h5-24H,1-4H3. The molecule has 9 aromatic carbocycles. The minimum atomic E-state index is -0.0977. The van der Waals surface area contributed by atoms with Crippen molar-refractivity contribution in [3.8, 4) is 22.3 Å². The van der Waals surface area contributed by atoms with Gasteiger partial charge in [0, 0.05) is 10.8 Å². The summed E-state index contributed by atoms with van der Waals surface area (Å²) in [7, 11) is 0. The maximum atomic E-state index is 2.57. The van der Waals surface area contributed by atoms with Gasteiger partial charge in [-0.1, -0.05) is 119 Å². The van der Waals surface area contributed by atoms with Crippen LogP contribution in [0, 0.1) is 0 Å². The molecular weight excluding hydrogens is 553 g/mol. The largest absolute Gasteiger partial charge is 0.0616 e. The summed E-state index contributed by atoms with van der Waals surface area (Å²) in [6.07, 6.45) is 0. The fourth-order valence-electron chi connectivity index (χ4n) is 9.56. The summed E-state index contributed by atoms with van der Waals surface area (Å²) >= 11 is 0. The summed E-state index contributed by atoms with van der Waals surface area (Å²) in [6, 6.07) is 46.7. The Balaban J connectivity index is 1.21. The van der Waals surface area contributed by atoms with Crippen LogP contribution in [0.1, 0.15) is 49.9 Å². The van der Waals surface area contributed by atoms with Crippen molar-refractivity contribution in [3.63, 3.8) is 0 Å². The molecule has 11 rings (SSSR count). The third-order valence-electron chi connectivity index (χ3n) is 11.9. The Kier molecular flexibility index (Phi) is 4.33. The van der Waals surface area contributed by atoms with Crippen molar-refractivity contribution in [3.05, 3.63) is 144 Å². The van der Waals surface area contributed by atoms with Crippen LogP contribution in [0.4, 0.5) is 0 Å².